The number of rotatable bonds is 2. The molecule has 2 nitrogen and oxygen atoms in total. The molecule has 0 radical (unpaired) electrons. The molecule has 16 heavy (non-hydrogen) atoms. The molecule has 1 aliphatic carbocycles. The maximum atomic E-state index is 10.9. The number of anilines is 1. The van der Waals surface area contributed by atoms with Crippen LogP contribution in [-0.4, -0.2) is 5.91 Å². The van der Waals surface area contributed by atoms with Crippen LogP contribution in [-0.2, 0) is 4.79 Å². The van der Waals surface area contributed by atoms with E-state index in [0.717, 1.165) is 11.6 Å². The zero-order valence-corrected chi connectivity index (χ0v) is 9.83. The molecule has 2 heteroatoms. The molecule has 0 unspecified atom stereocenters. The lowest BCUT2D eigenvalue weighted by atomic mass is 9.84. The molecule has 2 rings (SSSR count). The summed E-state index contributed by atoms with van der Waals surface area (Å²) >= 11 is 0. The maximum Gasteiger partial charge on any atom is 0.221 e. The monoisotopic (exact) mass is 217 g/mol. The van der Waals surface area contributed by atoms with Crippen molar-refractivity contribution in [3.8, 4) is 0 Å². The highest BCUT2D eigenvalue weighted by Gasteiger charge is 2.14. The van der Waals surface area contributed by atoms with Crippen molar-refractivity contribution in [1.82, 2.24) is 0 Å². The van der Waals surface area contributed by atoms with Crippen LogP contribution in [0.3, 0.4) is 0 Å². The van der Waals surface area contributed by atoms with Crippen LogP contribution >= 0.6 is 0 Å². The highest BCUT2D eigenvalue weighted by molar-refractivity contribution is 5.88. The van der Waals surface area contributed by atoms with Gasteiger partial charge in [-0.3, -0.25) is 4.79 Å². The van der Waals surface area contributed by atoms with Crippen molar-refractivity contribution in [2.45, 2.75) is 44.9 Å². The molecule has 1 aromatic rings. The molecular weight excluding hydrogens is 198 g/mol. The first-order valence-corrected chi connectivity index (χ1v) is 6.13. The molecular formula is C14H19NO. The molecule has 0 heterocycles. The largest absolute Gasteiger partial charge is 0.326 e. The van der Waals surface area contributed by atoms with Gasteiger partial charge in [0.2, 0.25) is 5.91 Å². The van der Waals surface area contributed by atoms with E-state index in [1.165, 1.54) is 44.6 Å². The number of hydrogen-bond acceptors (Lipinski definition) is 1. The summed E-state index contributed by atoms with van der Waals surface area (Å²) in [5, 5.41) is 2.80. The summed E-state index contributed by atoms with van der Waals surface area (Å²) in [4.78, 5) is 10.9. The van der Waals surface area contributed by atoms with E-state index in [0.29, 0.717) is 0 Å². The zero-order valence-electron chi connectivity index (χ0n) is 9.83. The zero-order chi connectivity index (χ0) is 11.4. The normalized spacial score (nSPS) is 17.1. The standard InChI is InChI=1S/C14H19NO/c1-11(16)15-14-9-7-13(8-10-14)12-5-3-2-4-6-12/h7-10,12H,2-6H2,1H3,(H,15,16). The molecule has 0 atom stereocenters. The third-order valence-electron chi connectivity index (χ3n) is 3.31. The summed E-state index contributed by atoms with van der Waals surface area (Å²) in [5.41, 5.74) is 2.32. The molecule has 1 aliphatic rings. The molecule has 1 fully saturated rings. The Morgan fingerprint density at radius 2 is 1.75 bits per heavy atom. The number of nitrogens with one attached hydrogen (secondary N) is 1. The van der Waals surface area contributed by atoms with E-state index in [2.05, 4.69) is 17.4 Å². The lowest BCUT2D eigenvalue weighted by molar-refractivity contribution is -0.114. The van der Waals surface area contributed by atoms with Gasteiger partial charge in [0.05, 0.1) is 0 Å². The molecule has 0 saturated heterocycles. The average Bonchev–Trinajstić information content (AvgIpc) is 2.30. The maximum absolute atomic E-state index is 10.9. The minimum absolute atomic E-state index is 0.00887. The van der Waals surface area contributed by atoms with Gasteiger partial charge >= 0.3 is 0 Å². The molecule has 1 saturated carbocycles. The lowest BCUT2D eigenvalue weighted by Crippen LogP contribution is -2.07. The Morgan fingerprint density at radius 3 is 2.31 bits per heavy atom. The van der Waals surface area contributed by atoms with Crippen molar-refractivity contribution in [1.29, 1.82) is 0 Å². The van der Waals surface area contributed by atoms with Gasteiger partial charge in [0.25, 0.3) is 0 Å². The van der Waals surface area contributed by atoms with E-state index >= 15 is 0 Å². The predicted octanol–water partition coefficient (Wildman–Crippen LogP) is 3.69. The van der Waals surface area contributed by atoms with Crippen molar-refractivity contribution in [2.24, 2.45) is 0 Å². The van der Waals surface area contributed by atoms with Crippen molar-refractivity contribution >= 4 is 11.6 Å². The van der Waals surface area contributed by atoms with Crippen LogP contribution in [0.5, 0.6) is 0 Å². The van der Waals surface area contributed by atoms with Gasteiger partial charge in [-0.1, -0.05) is 31.4 Å². The summed E-state index contributed by atoms with van der Waals surface area (Å²) in [6, 6.07) is 8.32. The van der Waals surface area contributed by atoms with Crippen LogP contribution in [0.25, 0.3) is 0 Å². The fourth-order valence-electron chi connectivity index (χ4n) is 2.48. The van der Waals surface area contributed by atoms with E-state index in [4.69, 9.17) is 0 Å². The molecule has 0 aliphatic heterocycles. The van der Waals surface area contributed by atoms with E-state index in [-0.39, 0.29) is 5.91 Å². The Balaban J connectivity index is 2.03. The van der Waals surface area contributed by atoms with E-state index < -0.39 is 0 Å². The van der Waals surface area contributed by atoms with Gasteiger partial charge in [0.1, 0.15) is 0 Å². The van der Waals surface area contributed by atoms with Crippen molar-refractivity contribution in [2.75, 3.05) is 5.32 Å². The quantitative estimate of drug-likeness (QED) is 0.804. The van der Waals surface area contributed by atoms with Crippen LogP contribution < -0.4 is 5.32 Å². The van der Waals surface area contributed by atoms with Gasteiger partial charge in [0, 0.05) is 12.6 Å². The SMILES string of the molecule is CC(=O)Nc1ccc(C2CCCCC2)cc1. The third-order valence-corrected chi connectivity index (χ3v) is 3.31. The fourth-order valence-corrected chi connectivity index (χ4v) is 2.48. The van der Waals surface area contributed by atoms with Gasteiger partial charge in [-0.25, -0.2) is 0 Å². The fraction of sp³-hybridized carbons (Fsp3) is 0.500. The van der Waals surface area contributed by atoms with Crippen molar-refractivity contribution in [3.63, 3.8) is 0 Å². The Morgan fingerprint density at radius 1 is 1.12 bits per heavy atom. The number of benzene rings is 1. The van der Waals surface area contributed by atoms with E-state index in [1.54, 1.807) is 0 Å². The topological polar surface area (TPSA) is 29.1 Å². The van der Waals surface area contributed by atoms with Gasteiger partial charge in [-0.2, -0.15) is 0 Å². The van der Waals surface area contributed by atoms with E-state index in [1.807, 2.05) is 12.1 Å². The second kappa shape index (κ2) is 5.15. The summed E-state index contributed by atoms with van der Waals surface area (Å²) in [5.74, 6) is 0.727. The second-order valence-corrected chi connectivity index (χ2v) is 4.64. The molecule has 1 amide bonds. The van der Waals surface area contributed by atoms with Gasteiger partial charge in [0.15, 0.2) is 0 Å². The Labute approximate surface area is 97.1 Å². The number of amides is 1. The predicted molar refractivity (Wildman–Crippen MR) is 66.6 cm³/mol. The highest BCUT2D eigenvalue weighted by Crippen LogP contribution is 2.32. The van der Waals surface area contributed by atoms with Crippen LogP contribution in [0.1, 0.15) is 50.5 Å². The first-order valence-electron chi connectivity index (χ1n) is 6.13. The number of carbonyl (C=O) groups excluding carboxylic acids is 1. The third kappa shape index (κ3) is 2.84. The second-order valence-electron chi connectivity index (χ2n) is 4.64. The Hall–Kier alpha value is -1.31. The first kappa shape index (κ1) is 11.2. The lowest BCUT2D eigenvalue weighted by Gasteiger charge is -2.22. The Kier molecular flexibility index (Phi) is 3.60. The summed E-state index contributed by atoms with van der Waals surface area (Å²) in [6.45, 7) is 1.54. The number of hydrogen-bond donors (Lipinski definition) is 1. The molecule has 0 bridgehead atoms. The van der Waals surface area contributed by atoms with Crippen LogP contribution in [0.2, 0.25) is 0 Å². The molecule has 1 N–H and O–H groups in total. The van der Waals surface area contributed by atoms with Crippen LogP contribution in [0, 0.1) is 0 Å². The highest BCUT2D eigenvalue weighted by atomic mass is 16.1. The summed E-state index contributed by atoms with van der Waals surface area (Å²) in [7, 11) is 0. The number of carbonyl (C=O) groups is 1. The molecule has 0 aromatic heterocycles. The van der Waals surface area contributed by atoms with E-state index in [9.17, 15) is 4.79 Å². The molecule has 1 aromatic carbocycles. The molecule has 86 valence electrons. The summed E-state index contributed by atoms with van der Waals surface area (Å²) < 4.78 is 0. The van der Waals surface area contributed by atoms with Gasteiger partial charge in [-0.05, 0) is 36.5 Å². The van der Waals surface area contributed by atoms with Gasteiger partial charge < -0.3 is 5.32 Å². The summed E-state index contributed by atoms with van der Waals surface area (Å²) in [6.07, 6.45) is 6.75. The van der Waals surface area contributed by atoms with Crippen LogP contribution in [0.4, 0.5) is 5.69 Å². The van der Waals surface area contributed by atoms with Crippen LogP contribution in [0.15, 0.2) is 24.3 Å². The smallest absolute Gasteiger partial charge is 0.221 e. The Bertz CT molecular complexity index is 350. The van der Waals surface area contributed by atoms with Crippen molar-refractivity contribution < 1.29 is 4.79 Å². The minimum atomic E-state index is -0.00887. The average molecular weight is 217 g/mol. The minimum Gasteiger partial charge on any atom is -0.326 e. The molecule has 0 spiro atoms. The first-order chi connectivity index (χ1) is 7.75. The van der Waals surface area contributed by atoms with Crippen molar-refractivity contribution in [3.05, 3.63) is 29.8 Å². The van der Waals surface area contributed by atoms with Gasteiger partial charge in [-0.15, -0.1) is 0 Å².